The summed E-state index contributed by atoms with van der Waals surface area (Å²) in [7, 11) is -3.46. The Bertz CT molecular complexity index is 538. The molecule has 0 aromatic heterocycles. The monoisotopic (exact) mass is 269 g/mol. The van der Waals surface area contributed by atoms with Gasteiger partial charge in [0.1, 0.15) is 0 Å². The second-order valence-corrected chi connectivity index (χ2v) is 5.83. The van der Waals surface area contributed by atoms with Crippen molar-refractivity contribution in [2.45, 2.75) is 18.7 Å². The highest BCUT2D eigenvalue weighted by Gasteiger charge is 2.14. The zero-order valence-electron chi connectivity index (χ0n) is 10.7. The summed E-state index contributed by atoms with van der Waals surface area (Å²) in [5.74, 6) is 0. The van der Waals surface area contributed by atoms with Gasteiger partial charge in [-0.15, -0.1) is 0 Å². The van der Waals surface area contributed by atoms with E-state index < -0.39 is 10.0 Å². The van der Waals surface area contributed by atoms with Crippen LogP contribution in [0, 0.1) is 0 Å². The normalized spacial score (nSPS) is 11.2. The van der Waals surface area contributed by atoms with E-state index in [1.54, 1.807) is 13.0 Å². The molecule has 0 spiro atoms. The SMILES string of the molecule is C=C(C)CNc1cc(S(=O)(=O)NCC)ccc1N. The Hall–Kier alpha value is -1.53. The van der Waals surface area contributed by atoms with Crippen LogP contribution in [0.3, 0.4) is 0 Å². The van der Waals surface area contributed by atoms with Crippen LogP contribution in [-0.4, -0.2) is 21.5 Å². The molecule has 1 aromatic rings. The summed E-state index contributed by atoms with van der Waals surface area (Å²) < 4.78 is 26.1. The molecular weight excluding hydrogens is 250 g/mol. The molecule has 0 aliphatic rings. The summed E-state index contributed by atoms with van der Waals surface area (Å²) in [4.78, 5) is 0.197. The zero-order chi connectivity index (χ0) is 13.8. The molecule has 0 fully saturated rings. The second kappa shape index (κ2) is 5.88. The van der Waals surface area contributed by atoms with Gasteiger partial charge in [-0.2, -0.15) is 0 Å². The molecule has 0 bridgehead atoms. The van der Waals surface area contributed by atoms with Crippen molar-refractivity contribution in [1.29, 1.82) is 0 Å². The van der Waals surface area contributed by atoms with Crippen molar-refractivity contribution in [3.63, 3.8) is 0 Å². The minimum Gasteiger partial charge on any atom is -0.397 e. The van der Waals surface area contributed by atoms with Gasteiger partial charge in [-0.25, -0.2) is 13.1 Å². The molecule has 18 heavy (non-hydrogen) atoms. The number of rotatable bonds is 6. The van der Waals surface area contributed by atoms with Crippen LogP contribution in [0.15, 0.2) is 35.2 Å². The Morgan fingerprint density at radius 3 is 2.67 bits per heavy atom. The molecule has 100 valence electrons. The minimum atomic E-state index is -3.46. The van der Waals surface area contributed by atoms with Crippen LogP contribution in [0.4, 0.5) is 11.4 Å². The second-order valence-electron chi connectivity index (χ2n) is 4.06. The summed E-state index contributed by atoms with van der Waals surface area (Å²) in [6.45, 7) is 8.27. The maximum absolute atomic E-state index is 11.8. The number of nitrogens with two attached hydrogens (primary N) is 1. The van der Waals surface area contributed by atoms with Gasteiger partial charge in [0.05, 0.1) is 16.3 Å². The van der Waals surface area contributed by atoms with Gasteiger partial charge in [-0.05, 0) is 25.1 Å². The number of benzene rings is 1. The quantitative estimate of drug-likeness (QED) is 0.540. The first-order valence-corrected chi connectivity index (χ1v) is 7.12. The number of nitrogen functional groups attached to an aromatic ring is 1. The predicted octanol–water partition coefficient (Wildman–Crippen LogP) is 1.55. The molecule has 0 atom stereocenters. The molecule has 0 unspecified atom stereocenters. The van der Waals surface area contributed by atoms with Crippen LogP contribution in [0.25, 0.3) is 0 Å². The lowest BCUT2D eigenvalue weighted by Gasteiger charge is -2.11. The first-order valence-electron chi connectivity index (χ1n) is 5.64. The Morgan fingerprint density at radius 1 is 1.44 bits per heavy atom. The van der Waals surface area contributed by atoms with Crippen molar-refractivity contribution in [3.8, 4) is 0 Å². The molecule has 0 saturated heterocycles. The first kappa shape index (κ1) is 14.5. The van der Waals surface area contributed by atoms with Gasteiger partial charge in [0.15, 0.2) is 0 Å². The van der Waals surface area contributed by atoms with Crippen molar-refractivity contribution < 1.29 is 8.42 Å². The highest BCUT2D eigenvalue weighted by atomic mass is 32.2. The smallest absolute Gasteiger partial charge is 0.240 e. The fourth-order valence-corrected chi connectivity index (χ4v) is 2.44. The lowest BCUT2D eigenvalue weighted by Crippen LogP contribution is -2.23. The van der Waals surface area contributed by atoms with Gasteiger partial charge >= 0.3 is 0 Å². The van der Waals surface area contributed by atoms with E-state index in [1.165, 1.54) is 12.1 Å². The van der Waals surface area contributed by atoms with Crippen LogP contribution in [0.2, 0.25) is 0 Å². The third-order valence-corrected chi connectivity index (χ3v) is 3.79. The first-order chi connectivity index (χ1) is 8.36. The van der Waals surface area contributed by atoms with Crippen LogP contribution in [-0.2, 0) is 10.0 Å². The Balaban J connectivity index is 3.04. The fraction of sp³-hybridized carbons (Fsp3) is 0.333. The van der Waals surface area contributed by atoms with Gasteiger partial charge in [0, 0.05) is 13.1 Å². The maximum Gasteiger partial charge on any atom is 0.240 e. The average molecular weight is 269 g/mol. The van der Waals surface area contributed by atoms with Crippen LogP contribution in [0.5, 0.6) is 0 Å². The molecule has 0 heterocycles. The molecule has 0 radical (unpaired) electrons. The highest BCUT2D eigenvalue weighted by molar-refractivity contribution is 7.89. The lowest BCUT2D eigenvalue weighted by atomic mass is 10.2. The van der Waals surface area contributed by atoms with Crippen molar-refractivity contribution in [2.24, 2.45) is 0 Å². The highest BCUT2D eigenvalue weighted by Crippen LogP contribution is 2.22. The molecule has 1 rings (SSSR count). The van der Waals surface area contributed by atoms with Crippen molar-refractivity contribution in [2.75, 3.05) is 24.1 Å². The van der Waals surface area contributed by atoms with Gasteiger partial charge in [-0.3, -0.25) is 0 Å². The molecule has 0 saturated carbocycles. The van der Waals surface area contributed by atoms with Crippen LogP contribution < -0.4 is 15.8 Å². The molecule has 0 aliphatic carbocycles. The van der Waals surface area contributed by atoms with E-state index >= 15 is 0 Å². The zero-order valence-corrected chi connectivity index (χ0v) is 11.5. The topological polar surface area (TPSA) is 84.2 Å². The van der Waals surface area contributed by atoms with Crippen molar-refractivity contribution in [1.82, 2.24) is 4.72 Å². The maximum atomic E-state index is 11.8. The predicted molar refractivity (Wildman–Crippen MR) is 75.0 cm³/mol. The van der Waals surface area contributed by atoms with Crippen molar-refractivity contribution >= 4 is 21.4 Å². The van der Waals surface area contributed by atoms with E-state index in [2.05, 4.69) is 16.6 Å². The average Bonchev–Trinajstić information content (AvgIpc) is 2.27. The number of nitrogens with one attached hydrogen (secondary N) is 2. The molecule has 0 aliphatic heterocycles. The number of anilines is 2. The summed E-state index contributed by atoms with van der Waals surface area (Å²) in [6.07, 6.45) is 0. The van der Waals surface area contributed by atoms with Gasteiger partial charge < -0.3 is 11.1 Å². The summed E-state index contributed by atoms with van der Waals surface area (Å²) >= 11 is 0. The van der Waals surface area contributed by atoms with E-state index in [-0.39, 0.29) is 4.90 Å². The van der Waals surface area contributed by atoms with Crippen molar-refractivity contribution in [3.05, 3.63) is 30.4 Å². The molecule has 6 heteroatoms. The third-order valence-electron chi connectivity index (χ3n) is 2.25. The standard InChI is InChI=1S/C12H19N3O2S/c1-4-15-18(16,17)10-5-6-11(13)12(7-10)14-8-9(2)3/h5-7,14-15H,2,4,8,13H2,1,3H3. The molecule has 1 aromatic carbocycles. The van der Waals surface area contributed by atoms with E-state index in [4.69, 9.17) is 5.73 Å². The lowest BCUT2D eigenvalue weighted by molar-refractivity contribution is 0.584. The van der Waals surface area contributed by atoms with Gasteiger partial charge in [0.25, 0.3) is 0 Å². The molecule has 5 nitrogen and oxygen atoms in total. The number of hydrogen-bond donors (Lipinski definition) is 3. The van der Waals surface area contributed by atoms with E-state index in [9.17, 15) is 8.42 Å². The minimum absolute atomic E-state index is 0.197. The van der Waals surface area contributed by atoms with Crippen LogP contribution >= 0.6 is 0 Å². The molecule has 4 N–H and O–H groups in total. The summed E-state index contributed by atoms with van der Waals surface area (Å²) in [5.41, 5.74) is 7.83. The van der Waals surface area contributed by atoms with Crippen LogP contribution in [0.1, 0.15) is 13.8 Å². The Kier molecular flexibility index (Phi) is 4.75. The third kappa shape index (κ3) is 3.75. The number of hydrogen-bond acceptors (Lipinski definition) is 4. The van der Waals surface area contributed by atoms with E-state index in [0.29, 0.717) is 24.5 Å². The van der Waals surface area contributed by atoms with E-state index in [0.717, 1.165) is 5.57 Å². The van der Waals surface area contributed by atoms with E-state index in [1.807, 2.05) is 6.92 Å². The Morgan fingerprint density at radius 2 is 2.11 bits per heavy atom. The van der Waals surface area contributed by atoms with Gasteiger partial charge in [0.2, 0.25) is 10.0 Å². The largest absolute Gasteiger partial charge is 0.397 e. The number of sulfonamides is 1. The Labute approximate surface area is 108 Å². The molecular formula is C12H19N3O2S. The van der Waals surface area contributed by atoms with Gasteiger partial charge in [-0.1, -0.05) is 19.1 Å². The molecule has 0 amide bonds. The fourth-order valence-electron chi connectivity index (χ4n) is 1.38. The summed E-state index contributed by atoms with van der Waals surface area (Å²) in [5, 5.41) is 3.05. The summed E-state index contributed by atoms with van der Waals surface area (Å²) in [6, 6.07) is 4.58.